The first kappa shape index (κ1) is 10.9. The van der Waals surface area contributed by atoms with Crippen molar-refractivity contribution in [3.05, 3.63) is 49.5 Å². The van der Waals surface area contributed by atoms with Gasteiger partial charge in [-0.05, 0) is 37.1 Å². The Morgan fingerprint density at radius 3 is 2.31 bits per heavy atom. The number of rotatable bonds is 1. The minimum absolute atomic E-state index is 0.247. The molecule has 2 rings (SSSR count). The summed E-state index contributed by atoms with van der Waals surface area (Å²) in [6, 6.07) is 5.70. The van der Waals surface area contributed by atoms with E-state index in [1.54, 1.807) is 0 Å². The molecule has 0 N–H and O–H groups in total. The highest BCUT2D eigenvalue weighted by Gasteiger charge is 2.08. The van der Waals surface area contributed by atoms with Crippen LogP contribution < -0.4 is 10.6 Å². The van der Waals surface area contributed by atoms with Gasteiger partial charge in [0, 0.05) is 18.6 Å². The van der Waals surface area contributed by atoms with Crippen LogP contribution in [0, 0.1) is 13.8 Å². The number of aryl methyl sites for hydroxylation is 2. The number of nitrogens with zero attached hydrogens (tertiary/aromatic N) is 2. The molecular formula is C11H12N2O2S. The van der Waals surface area contributed by atoms with E-state index in [0.29, 0.717) is 0 Å². The highest BCUT2D eigenvalue weighted by molar-refractivity contribution is 7.03. The Bertz CT molecular complexity index is 649. The van der Waals surface area contributed by atoms with Crippen molar-refractivity contribution in [2.45, 2.75) is 13.8 Å². The lowest BCUT2D eigenvalue weighted by Crippen LogP contribution is -2.25. The first-order valence-corrected chi connectivity index (χ1v) is 5.65. The van der Waals surface area contributed by atoms with E-state index < -0.39 is 0 Å². The molecule has 0 aliphatic heterocycles. The maximum atomic E-state index is 11.7. The van der Waals surface area contributed by atoms with Gasteiger partial charge >= 0.3 is 10.6 Å². The molecule has 0 spiro atoms. The molecule has 0 saturated heterocycles. The molecule has 0 atom stereocenters. The van der Waals surface area contributed by atoms with Crippen LogP contribution in [0.15, 0.2) is 27.8 Å². The summed E-state index contributed by atoms with van der Waals surface area (Å²) in [6.07, 6.45) is 0. The minimum atomic E-state index is -0.293. The van der Waals surface area contributed by atoms with E-state index in [4.69, 9.17) is 0 Å². The quantitative estimate of drug-likeness (QED) is 0.747. The monoisotopic (exact) mass is 236 g/mol. The molecule has 0 aliphatic carbocycles. The van der Waals surface area contributed by atoms with Gasteiger partial charge in [0.2, 0.25) is 0 Å². The van der Waals surface area contributed by atoms with Crippen LogP contribution in [-0.2, 0) is 7.05 Å². The lowest BCUT2D eigenvalue weighted by molar-refractivity contribution is 0.805. The maximum absolute atomic E-state index is 11.7. The van der Waals surface area contributed by atoms with Crippen molar-refractivity contribution in [2.24, 2.45) is 7.05 Å². The van der Waals surface area contributed by atoms with Gasteiger partial charge < -0.3 is 0 Å². The maximum Gasteiger partial charge on any atom is 0.345 e. The van der Waals surface area contributed by atoms with E-state index in [9.17, 15) is 9.59 Å². The molecule has 0 aliphatic rings. The summed E-state index contributed by atoms with van der Waals surface area (Å²) >= 11 is 0.920. The largest absolute Gasteiger partial charge is 0.345 e. The normalized spacial score (nSPS) is 10.7. The fraction of sp³-hybridized carbons (Fsp3) is 0.273. The molecule has 1 heterocycles. The van der Waals surface area contributed by atoms with Crippen LogP contribution in [0.3, 0.4) is 0 Å². The van der Waals surface area contributed by atoms with Gasteiger partial charge in [-0.3, -0.25) is 9.36 Å². The average Bonchev–Trinajstić information content (AvgIpc) is 2.50. The summed E-state index contributed by atoms with van der Waals surface area (Å²) in [4.78, 5) is 22.8. The van der Waals surface area contributed by atoms with E-state index >= 15 is 0 Å². The Hall–Kier alpha value is -1.62. The second kappa shape index (κ2) is 3.75. The second-order valence-electron chi connectivity index (χ2n) is 3.76. The Kier molecular flexibility index (Phi) is 2.55. The van der Waals surface area contributed by atoms with Crippen LogP contribution >= 0.6 is 11.5 Å². The first-order valence-electron chi connectivity index (χ1n) is 4.87. The highest BCUT2D eigenvalue weighted by atomic mass is 32.1. The lowest BCUT2D eigenvalue weighted by atomic mass is 10.1. The van der Waals surface area contributed by atoms with Gasteiger partial charge in [-0.1, -0.05) is 6.07 Å². The second-order valence-corrected chi connectivity index (χ2v) is 4.66. The van der Waals surface area contributed by atoms with E-state index in [0.717, 1.165) is 27.4 Å². The van der Waals surface area contributed by atoms with Gasteiger partial charge in [-0.15, -0.1) is 0 Å². The summed E-state index contributed by atoms with van der Waals surface area (Å²) in [5.41, 5.74) is 2.72. The van der Waals surface area contributed by atoms with Gasteiger partial charge in [0.15, 0.2) is 0 Å². The predicted octanol–water partition coefficient (Wildman–Crippen LogP) is 1.21. The molecule has 0 fully saturated rings. The van der Waals surface area contributed by atoms with Gasteiger partial charge in [0.25, 0.3) is 0 Å². The van der Waals surface area contributed by atoms with Crippen molar-refractivity contribution >= 4 is 11.5 Å². The van der Waals surface area contributed by atoms with Crippen molar-refractivity contribution in [2.75, 3.05) is 0 Å². The Labute approximate surface area is 96.5 Å². The smallest absolute Gasteiger partial charge is 0.255 e. The zero-order chi connectivity index (χ0) is 11.9. The zero-order valence-corrected chi connectivity index (χ0v) is 10.2. The van der Waals surface area contributed by atoms with Crippen LogP contribution in [-0.4, -0.2) is 8.52 Å². The molecule has 0 bridgehead atoms. The van der Waals surface area contributed by atoms with Crippen LogP contribution in [0.25, 0.3) is 5.69 Å². The Morgan fingerprint density at radius 2 is 1.81 bits per heavy atom. The van der Waals surface area contributed by atoms with Crippen molar-refractivity contribution in [1.29, 1.82) is 0 Å². The summed E-state index contributed by atoms with van der Waals surface area (Å²) in [5, 5.41) is 0. The molecule has 2 aromatic rings. The Balaban J connectivity index is 2.68. The minimum Gasteiger partial charge on any atom is -0.255 e. The summed E-state index contributed by atoms with van der Waals surface area (Å²) in [7, 11) is 1.48. The molecule has 16 heavy (non-hydrogen) atoms. The molecule has 5 heteroatoms. The van der Waals surface area contributed by atoms with Crippen molar-refractivity contribution < 1.29 is 0 Å². The highest BCUT2D eigenvalue weighted by Crippen LogP contribution is 2.13. The van der Waals surface area contributed by atoms with Gasteiger partial charge in [0.05, 0.1) is 5.69 Å². The van der Waals surface area contributed by atoms with Crippen LogP contribution in [0.1, 0.15) is 11.1 Å². The van der Waals surface area contributed by atoms with E-state index in [-0.39, 0.29) is 10.6 Å². The van der Waals surface area contributed by atoms with Crippen molar-refractivity contribution in [3.8, 4) is 5.69 Å². The zero-order valence-electron chi connectivity index (χ0n) is 9.35. The molecule has 0 radical (unpaired) electrons. The molecule has 4 nitrogen and oxygen atoms in total. The van der Waals surface area contributed by atoms with E-state index in [1.807, 2.05) is 32.0 Å². The van der Waals surface area contributed by atoms with Crippen LogP contribution in [0.5, 0.6) is 0 Å². The molecule has 0 unspecified atom stereocenters. The molecule has 1 aromatic carbocycles. The molecule has 0 saturated carbocycles. The summed E-state index contributed by atoms with van der Waals surface area (Å²) in [6.45, 7) is 3.99. The average molecular weight is 236 g/mol. The molecular weight excluding hydrogens is 224 g/mol. The van der Waals surface area contributed by atoms with Crippen LogP contribution in [0.2, 0.25) is 0 Å². The fourth-order valence-electron chi connectivity index (χ4n) is 1.41. The fourth-order valence-corrected chi connectivity index (χ4v) is 2.18. The van der Waals surface area contributed by atoms with Gasteiger partial charge in [-0.25, -0.2) is 8.75 Å². The third-order valence-corrected chi connectivity index (χ3v) is 3.61. The number of aromatic nitrogens is 2. The summed E-state index contributed by atoms with van der Waals surface area (Å²) in [5.74, 6) is 0. The number of benzene rings is 1. The van der Waals surface area contributed by atoms with Crippen molar-refractivity contribution in [3.63, 3.8) is 0 Å². The molecule has 1 aromatic heterocycles. The number of hydrogen-bond acceptors (Lipinski definition) is 3. The predicted molar refractivity (Wildman–Crippen MR) is 64.6 cm³/mol. The standard InChI is InChI=1S/C11H12N2O2S/c1-7-4-5-9(6-8(7)2)13-10(14)12(3)11(15)16-13/h4-6H,1-3H3. The SMILES string of the molecule is Cc1ccc(-n2sc(=O)n(C)c2=O)cc1C. The van der Waals surface area contributed by atoms with Crippen molar-refractivity contribution in [1.82, 2.24) is 8.52 Å². The lowest BCUT2D eigenvalue weighted by Gasteiger charge is -2.03. The van der Waals surface area contributed by atoms with E-state index in [1.165, 1.54) is 16.6 Å². The first-order chi connectivity index (χ1) is 7.50. The van der Waals surface area contributed by atoms with E-state index in [2.05, 4.69) is 0 Å². The van der Waals surface area contributed by atoms with Gasteiger partial charge in [-0.2, -0.15) is 0 Å². The molecule has 0 amide bonds. The topological polar surface area (TPSA) is 44.0 Å². The number of hydrogen-bond donors (Lipinski definition) is 0. The van der Waals surface area contributed by atoms with Gasteiger partial charge in [0.1, 0.15) is 0 Å². The van der Waals surface area contributed by atoms with Crippen LogP contribution in [0.4, 0.5) is 0 Å². The third-order valence-electron chi connectivity index (χ3n) is 2.63. The summed E-state index contributed by atoms with van der Waals surface area (Å²) < 4.78 is 2.52. The third kappa shape index (κ3) is 1.63. The molecule has 84 valence electrons. The Morgan fingerprint density at radius 1 is 1.12 bits per heavy atom.